The van der Waals surface area contributed by atoms with E-state index in [-0.39, 0.29) is 23.9 Å². The highest BCUT2D eigenvalue weighted by Gasteiger charge is 2.39. The summed E-state index contributed by atoms with van der Waals surface area (Å²) in [5, 5.41) is 3.38. The Balaban J connectivity index is 1.22. The maximum atomic E-state index is 13.1. The van der Waals surface area contributed by atoms with Gasteiger partial charge in [0.25, 0.3) is 0 Å². The van der Waals surface area contributed by atoms with Crippen LogP contribution in [0.3, 0.4) is 0 Å². The van der Waals surface area contributed by atoms with E-state index in [0.29, 0.717) is 41.1 Å². The van der Waals surface area contributed by atoms with E-state index >= 15 is 0 Å². The Morgan fingerprint density at radius 2 is 1.80 bits per heavy atom. The molecule has 3 N–H and O–H groups in total. The number of carbonyl (C=O) groups is 2. The van der Waals surface area contributed by atoms with E-state index in [1.165, 1.54) is 32.5 Å². The Morgan fingerprint density at radius 1 is 1.09 bits per heavy atom. The monoisotopic (exact) mass is 618 g/mol. The van der Waals surface area contributed by atoms with E-state index in [0.717, 1.165) is 56.1 Å². The molecule has 1 aromatic carbocycles. The Labute approximate surface area is 267 Å². The van der Waals surface area contributed by atoms with Crippen LogP contribution in [0.4, 0.5) is 23.1 Å². The van der Waals surface area contributed by atoms with E-state index < -0.39 is 5.91 Å². The van der Waals surface area contributed by atoms with Crippen LogP contribution < -0.4 is 25.6 Å². The van der Waals surface area contributed by atoms with Crippen molar-refractivity contribution in [3.63, 3.8) is 0 Å². The molecule has 1 atom stereocenters. The third-order valence-corrected chi connectivity index (χ3v) is 10.4. The molecule has 2 amide bonds. The standard InChI is InChI=1S/C34H50N8O3/c1-6-27-33(44)39(4)28-19-36-34(38-32(28)42(27)21(2)3)37-26-14-13-25(31(35)43)29(30(26)45-5)23-9-11-24(12-10-23)41-17-15-40(16-18-41)20-22-7-8-22/h13-14,19,21-24,27H,6-12,15-18,20H2,1-5H3,(H2,35,43)(H,36,37,38)/t23?,24?,27-/m1/s1. The largest absolute Gasteiger partial charge is 0.494 e. The van der Waals surface area contributed by atoms with Crippen molar-refractivity contribution < 1.29 is 14.3 Å². The molecule has 3 fully saturated rings. The number of hydrogen-bond acceptors (Lipinski definition) is 9. The molecule has 2 aromatic rings. The number of aromatic nitrogens is 2. The number of nitrogens with zero attached hydrogens (tertiary/aromatic N) is 6. The van der Waals surface area contributed by atoms with E-state index in [9.17, 15) is 9.59 Å². The summed E-state index contributed by atoms with van der Waals surface area (Å²) in [5.41, 5.74) is 8.68. The number of ether oxygens (including phenoxy) is 1. The fraction of sp³-hybridized carbons (Fsp3) is 0.647. The van der Waals surface area contributed by atoms with Gasteiger partial charge in [0.05, 0.1) is 19.0 Å². The molecule has 0 bridgehead atoms. The lowest BCUT2D eigenvalue weighted by Crippen LogP contribution is -2.54. The molecule has 1 aromatic heterocycles. The van der Waals surface area contributed by atoms with Crippen molar-refractivity contribution in [2.24, 2.45) is 11.7 Å². The minimum Gasteiger partial charge on any atom is -0.494 e. The van der Waals surface area contributed by atoms with Crippen LogP contribution in [0.25, 0.3) is 0 Å². The van der Waals surface area contributed by atoms with Crippen molar-refractivity contribution in [1.82, 2.24) is 19.8 Å². The maximum Gasteiger partial charge on any atom is 0.249 e. The van der Waals surface area contributed by atoms with Gasteiger partial charge in [0.2, 0.25) is 17.8 Å². The Kier molecular flexibility index (Phi) is 9.19. The number of methoxy groups -OCH3 is 1. The molecule has 4 aliphatic rings. The number of likely N-dealkylation sites (N-methyl/N-ethyl adjacent to an activating group) is 1. The first-order valence-corrected chi connectivity index (χ1v) is 16.9. The summed E-state index contributed by atoms with van der Waals surface area (Å²) < 4.78 is 6.02. The highest BCUT2D eigenvalue weighted by molar-refractivity contribution is 6.04. The van der Waals surface area contributed by atoms with Crippen LogP contribution in [0.1, 0.15) is 87.6 Å². The zero-order valence-corrected chi connectivity index (χ0v) is 27.6. The zero-order chi connectivity index (χ0) is 31.8. The number of piperazine rings is 1. The number of benzene rings is 1. The molecule has 2 aliphatic carbocycles. The molecule has 45 heavy (non-hydrogen) atoms. The van der Waals surface area contributed by atoms with E-state index in [2.05, 4.69) is 38.8 Å². The van der Waals surface area contributed by atoms with Crippen LogP contribution in [-0.2, 0) is 4.79 Å². The van der Waals surface area contributed by atoms with E-state index in [1.807, 2.05) is 13.0 Å². The molecule has 0 radical (unpaired) electrons. The van der Waals surface area contributed by atoms with Crippen molar-refractivity contribution in [3.8, 4) is 5.75 Å². The molecule has 0 unspecified atom stereocenters. The minimum absolute atomic E-state index is 0.0434. The highest BCUT2D eigenvalue weighted by atomic mass is 16.5. The van der Waals surface area contributed by atoms with Gasteiger partial charge in [0.1, 0.15) is 17.5 Å². The Bertz CT molecular complexity index is 1400. The van der Waals surface area contributed by atoms with Crippen molar-refractivity contribution >= 4 is 35.0 Å². The number of rotatable bonds is 10. The number of nitrogens with two attached hydrogens (primary N) is 1. The van der Waals surface area contributed by atoms with Crippen LogP contribution in [0, 0.1) is 5.92 Å². The first kappa shape index (κ1) is 31.5. The van der Waals surface area contributed by atoms with Gasteiger partial charge in [0.15, 0.2) is 5.82 Å². The van der Waals surface area contributed by atoms with Crippen LogP contribution in [0.5, 0.6) is 5.75 Å². The summed E-state index contributed by atoms with van der Waals surface area (Å²) >= 11 is 0. The molecule has 2 aliphatic heterocycles. The second kappa shape index (κ2) is 13.1. The minimum atomic E-state index is -0.445. The number of amides is 2. The normalized spacial score (nSPS) is 24.6. The van der Waals surface area contributed by atoms with E-state index in [4.69, 9.17) is 15.5 Å². The van der Waals surface area contributed by atoms with Crippen LogP contribution >= 0.6 is 0 Å². The molecule has 11 heteroatoms. The van der Waals surface area contributed by atoms with Gasteiger partial charge in [-0.2, -0.15) is 4.98 Å². The molecule has 2 saturated carbocycles. The quantitative estimate of drug-likeness (QED) is 0.400. The van der Waals surface area contributed by atoms with Gasteiger partial charge in [-0.1, -0.05) is 6.92 Å². The van der Waals surface area contributed by atoms with E-state index in [1.54, 1.807) is 31.3 Å². The van der Waals surface area contributed by atoms with Crippen LogP contribution in [0.15, 0.2) is 18.3 Å². The molecule has 3 heterocycles. The van der Waals surface area contributed by atoms with Gasteiger partial charge in [-0.15, -0.1) is 0 Å². The topological polar surface area (TPSA) is 120 Å². The third-order valence-electron chi connectivity index (χ3n) is 10.4. The number of hydrogen-bond donors (Lipinski definition) is 2. The smallest absolute Gasteiger partial charge is 0.249 e. The average Bonchev–Trinajstić information content (AvgIpc) is 3.86. The number of primary amides is 1. The average molecular weight is 619 g/mol. The van der Waals surface area contributed by atoms with Crippen LogP contribution in [0.2, 0.25) is 0 Å². The second-order valence-electron chi connectivity index (χ2n) is 13.6. The summed E-state index contributed by atoms with van der Waals surface area (Å²) in [4.78, 5) is 44.3. The molecule has 0 spiro atoms. The van der Waals surface area contributed by atoms with Crippen molar-refractivity contribution in [2.75, 3.05) is 62.0 Å². The van der Waals surface area contributed by atoms with Crippen molar-refractivity contribution in [2.45, 2.75) is 89.8 Å². The van der Waals surface area contributed by atoms with Gasteiger partial charge < -0.3 is 30.5 Å². The van der Waals surface area contributed by atoms with Gasteiger partial charge in [0, 0.05) is 63.0 Å². The number of fused-ring (bicyclic) bond motifs is 1. The summed E-state index contributed by atoms with van der Waals surface area (Å²) in [6.45, 7) is 12.1. The molecule has 11 nitrogen and oxygen atoms in total. The predicted octanol–water partition coefficient (Wildman–Crippen LogP) is 4.35. The molecule has 244 valence electrons. The predicted molar refractivity (Wildman–Crippen MR) is 178 cm³/mol. The summed E-state index contributed by atoms with van der Waals surface area (Å²) in [7, 11) is 3.42. The number of nitrogens with one attached hydrogen (secondary N) is 1. The van der Waals surface area contributed by atoms with Gasteiger partial charge in [-0.25, -0.2) is 4.98 Å². The van der Waals surface area contributed by atoms with Gasteiger partial charge in [-0.3, -0.25) is 14.5 Å². The molecule has 6 rings (SSSR count). The van der Waals surface area contributed by atoms with Gasteiger partial charge >= 0.3 is 0 Å². The first-order chi connectivity index (χ1) is 21.7. The lowest BCUT2D eigenvalue weighted by molar-refractivity contribution is -0.120. The summed E-state index contributed by atoms with van der Waals surface area (Å²) in [5.74, 6) is 2.45. The molecular formula is C34H50N8O3. The first-order valence-electron chi connectivity index (χ1n) is 16.9. The number of carbonyl (C=O) groups excluding carboxylic acids is 2. The lowest BCUT2D eigenvalue weighted by Gasteiger charge is -2.42. The molecular weight excluding hydrogens is 568 g/mol. The number of anilines is 4. The highest BCUT2D eigenvalue weighted by Crippen LogP contribution is 2.45. The maximum absolute atomic E-state index is 13.1. The van der Waals surface area contributed by atoms with Crippen LogP contribution in [-0.4, -0.2) is 96.6 Å². The SMILES string of the molecule is CC[C@@H]1C(=O)N(C)c2cnc(Nc3ccc(C(N)=O)c(C4CCC(N5CCN(CC6CC6)CC5)CC4)c3OC)nc2N1C(C)C. The van der Waals surface area contributed by atoms with Crippen molar-refractivity contribution in [1.29, 1.82) is 0 Å². The molecule has 1 saturated heterocycles. The lowest BCUT2D eigenvalue weighted by atomic mass is 9.78. The second-order valence-corrected chi connectivity index (χ2v) is 13.6. The fourth-order valence-electron chi connectivity index (χ4n) is 7.80. The Hall–Kier alpha value is -3.44. The fourth-order valence-corrected chi connectivity index (χ4v) is 7.80. The summed E-state index contributed by atoms with van der Waals surface area (Å²) in [6.07, 6.45) is 9.34. The Morgan fingerprint density at radius 3 is 2.40 bits per heavy atom. The summed E-state index contributed by atoms with van der Waals surface area (Å²) in [6, 6.07) is 3.99. The zero-order valence-electron chi connectivity index (χ0n) is 27.6. The third kappa shape index (κ3) is 6.34. The van der Waals surface area contributed by atoms with Crippen molar-refractivity contribution in [3.05, 3.63) is 29.5 Å². The van der Waals surface area contributed by atoms with Gasteiger partial charge in [-0.05, 0) is 82.8 Å².